The molecule has 1 aromatic rings. The number of anilines is 1. The van der Waals surface area contributed by atoms with Gasteiger partial charge in [-0.05, 0) is 38.5 Å². The fourth-order valence-electron chi connectivity index (χ4n) is 1.00. The molecule has 1 aromatic carbocycles. The average molecular weight is 210 g/mol. The molecular formula is C11H15FN2O. The Balaban J connectivity index is 2.87. The summed E-state index contributed by atoms with van der Waals surface area (Å²) in [5, 5.41) is 2.44. The van der Waals surface area contributed by atoms with Crippen molar-refractivity contribution in [2.45, 2.75) is 26.3 Å². The number of rotatable bonds is 2. The summed E-state index contributed by atoms with van der Waals surface area (Å²) in [6, 6.07) is 4.61. The molecule has 0 aliphatic carbocycles. The van der Waals surface area contributed by atoms with E-state index in [-0.39, 0.29) is 5.69 Å². The summed E-state index contributed by atoms with van der Waals surface area (Å²) in [4.78, 5) is 11.5. The summed E-state index contributed by atoms with van der Waals surface area (Å²) >= 11 is 0. The van der Waals surface area contributed by atoms with Crippen molar-refractivity contribution < 1.29 is 9.18 Å². The van der Waals surface area contributed by atoms with Gasteiger partial charge in [-0.25, -0.2) is 4.39 Å². The maximum atomic E-state index is 13.3. The van der Waals surface area contributed by atoms with E-state index in [2.05, 4.69) is 5.32 Å². The maximum Gasteiger partial charge on any atom is 0.243 e. The van der Waals surface area contributed by atoms with Gasteiger partial charge in [0.2, 0.25) is 5.91 Å². The highest BCUT2D eigenvalue weighted by Gasteiger charge is 2.22. The molecule has 0 heterocycles. The molecule has 3 nitrogen and oxygen atoms in total. The largest absolute Gasteiger partial charge is 0.322 e. The molecule has 0 atom stereocenters. The second-order valence-electron chi connectivity index (χ2n) is 4.16. The van der Waals surface area contributed by atoms with Gasteiger partial charge in [-0.2, -0.15) is 0 Å². The van der Waals surface area contributed by atoms with Gasteiger partial charge in [-0.1, -0.05) is 6.07 Å². The molecule has 0 saturated heterocycles. The molecule has 0 saturated carbocycles. The summed E-state index contributed by atoms with van der Waals surface area (Å²) in [5.74, 6) is -0.863. The first-order valence-electron chi connectivity index (χ1n) is 4.67. The third-order valence-corrected chi connectivity index (χ3v) is 1.96. The number of amides is 1. The van der Waals surface area contributed by atoms with Crippen LogP contribution in [0.4, 0.5) is 10.1 Å². The van der Waals surface area contributed by atoms with Gasteiger partial charge in [-0.15, -0.1) is 0 Å². The summed E-state index contributed by atoms with van der Waals surface area (Å²) in [7, 11) is 0. The van der Waals surface area contributed by atoms with E-state index in [9.17, 15) is 9.18 Å². The maximum absolute atomic E-state index is 13.3. The summed E-state index contributed by atoms with van der Waals surface area (Å²) in [6.07, 6.45) is 0. The SMILES string of the molecule is Cc1ccc(NC(=O)C(C)(C)N)c(F)c1. The van der Waals surface area contributed by atoms with E-state index in [1.54, 1.807) is 26.8 Å². The minimum Gasteiger partial charge on any atom is -0.322 e. The van der Waals surface area contributed by atoms with Gasteiger partial charge in [0.05, 0.1) is 11.2 Å². The number of nitrogens with two attached hydrogens (primary N) is 1. The Bertz CT molecular complexity index is 383. The fourth-order valence-corrected chi connectivity index (χ4v) is 1.00. The number of hydrogen-bond donors (Lipinski definition) is 2. The number of benzene rings is 1. The quantitative estimate of drug-likeness (QED) is 0.782. The Morgan fingerprint density at radius 3 is 2.53 bits per heavy atom. The first-order chi connectivity index (χ1) is 6.80. The number of aryl methyl sites for hydroxylation is 1. The molecule has 15 heavy (non-hydrogen) atoms. The first kappa shape index (κ1) is 11.7. The number of halogens is 1. The van der Waals surface area contributed by atoms with Crippen molar-refractivity contribution in [1.29, 1.82) is 0 Å². The Hall–Kier alpha value is -1.42. The Labute approximate surface area is 88.5 Å². The molecule has 0 fully saturated rings. The minimum atomic E-state index is -1.02. The molecule has 4 heteroatoms. The summed E-state index contributed by atoms with van der Waals surface area (Å²) in [6.45, 7) is 4.91. The van der Waals surface area contributed by atoms with Crippen molar-refractivity contribution >= 4 is 11.6 Å². The van der Waals surface area contributed by atoms with E-state index < -0.39 is 17.3 Å². The summed E-state index contributed by atoms with van der Waals surface area (Å²) in [5.41, 5.74) is 5.52. The van der Waals surface area contributed by atoms with Gasteiger partial charge >= 0.3 is 0 Å². The normalized spacial score (nSPS) is 11.3. The van der Waals surface area contributed by atoms with Gasteiger partial charge in [0.15, 0.2) is 0 Å². The predicted molar refractivity (Wildman–Crippen MR) is 58.0 cm³/mol. The monoisotopic (exact) mass is 210 g/mol. The number of carbonyl (C=O) groups excluding carboxylic acids is 1. The number of hydrogen-bond acceptors (Lipinski definition) is 2. The van der Waals surface area contributed by atoms with Crippen LogP contribution in [-0.4, -0.2) is 11.4 Å². The molecule has 82 valence electrons. The van der Waals surface area contributed by atoms with Crippen LogP contribution in [0.5, 0.6) is 0 Å². The molecule has 0 spiro atoms. The first-order valence-corrected chi connectivity index (χ1v) is 4.67. The van der Waals surface area contributed by atoms with E-state index in [0.29, 0.717) is 0 Å². The van der Waals surface area contributed by atoms with Crippen molar-refractivity contribution in [1.82, 2.24) is 0 Å². The second-order valence-corrected chi connectivity index (χ2v) is 4.16. The molecule has 1 amide bonds. The van der Waals surface area contributed by atoms with Crippen molar-refractivity contribution in [3.05, 3.63) is 29.6 Å². The van der Waals surface area contributed by atoms with Crippen LogP contribution in [0, 0.1) is 12.7 Å². The van der Waals surface area contributed by atoms with Gasteiger partial charge in [-0.3, -0.25) is 4.79 Å². The standard InChI is InChI=1S/C11H15FN2O/c1-7-4-5-9(8(12)6-7)14-10(15)11(2,3)13/h4-6H,13H2,1-3H3,(H,14,15). The molecule has 0 aliphatic heterocycles. The predicted octanol–water partition coefficient (Wildman–Crippen LogP) is 1.81. The van der Waals surface area contributed by atoms with E-state index in [0.717, 1.165) is 5.56 Å². The number of nitrogens with one attached hydrogen (secondary N) is 1. The van der Waals surface area contributed by atoms with Crippen LogP contribution in [0.2, 0.25) is 0 Å². The molecule has 0 aromatic heterocycles. The lowest BCUT2D eigenvalue weighted by Gasteiger charge is -2.18. The highest BCUT2D eigenvalue weighted by atomic mass is 19.1. The molecule has 0 bridgehead atoms. The van der Waals surface area contributed by atoms with Crippen LogP contribution in [-0.2, 0) is 4.79 Å². The smallest absolute Gasteiger partial charge is 0.243 e. The lowest BCUT2D eigenvalue weighted by Crippen LogP contribution is -2.45. The van der Waals surface area contributed by atoms with Gasteiger partial charge < -0.3 is 11.1 Å². The van der Waals surface area contributed by atoms with Crippen LogP contribution in [0.3, 0.4) is 0 Å². The van der Waals surface area contributed by atoms with Gasteiger partial charge in [0.1, 0.15) is 5.82 Å². The van der Waals surface area contributed by atoms with Crippen LogP contribution in [0.1, 0.15) is 19.4 Å². The molecule has 0 unspecified atom stereocenters. The van der Waals surface area contributed by atoms with E-state index >= 15 is 0 Å². The molecule has 3 N–H and O–H groups in total. The molecule has 0 aliphatic rings. The Kier molecular flexibility index (Phi) is 3.09. The van der Waals surface area contributed by atoms with E-state index in [1.807, 2.05) is 0 Å². The third kappa shape index (κ3) is 3.02. The van der Waals surface area contributed by atoms with Crippen LogP contribution < -0.4 is 11.1 Å². The zero-order chi connectivity index (χ0) is 11.6. The fraction of sp³-hybridized carbons (Fsp3) is 0.364. The Morgan fingerprint density at radius 1 is 1.47 bits per heavy atom. The zero-order valence-corrected chi connectivity index (χ0v) is 9.10. The minimum absolute atomic E-state index is 0.157. The van der Waals surface area contributed by atoms with Crippen molar-refractivity contribution in [3.63, 3.8) is 0 Å². The molecule has 0 radical (unpaired) electrons. The zero-order valence-electron chi connectivity index (χ0n) is 9.10. The number of carbonyl (C=O) groups is 1. The summed E-state index contributed by atoms with van der Waals surface area (Å²) < 4.78 is 13.3. The van der Waals surface area contributed by atoms with Crippen molar-refractivity contribution in [2.24, 2.45) is 5.73 Å². The van der Waals surface area contributed by atoms with Crippen molar-refractivity contribution in [2.75, 3.05) is 5.32 Å². The lowest BCUT2D eigenvalue weighted by atomic mass is 10.1. The third-order valence-electron chi connectivity index (χ3n) is 1.96. The second kappa shape index (κ2) is 3.98. The van der Waals surface area contributed by atoms with Gasteiger partial charge in [0.25, 0.3) is 0 Å². The molecular weight excluding hydrogens is 195 g/mol. The van der Waals surface area contributed by atoms with Crippen LogP contribution >= 0.6 is 0 Å². The Morgan fingerprint density at radius 2 is 2.07 bits per heavy atom. The highest BCUT2D eigenvalue weighted by molar-refractivity contribution is 5.97. The van der Waals surface area contributed by atoms with Crippen molar-refractivity contribution in [3.8, 4) is 0 Å². The van der Waals surface area contributed by atoms with Crippen LogP contribution in [0.15, 0.2) is 18.2 Å². The van der Waals surface area contributed by atoms with Crippen LogP contribution in [0.25, 0.3) is 0 Å². The van der Waals surface area contributed by atoms with Gasteiger partial charge in [0, 0.05) is 0 Å². The van der Waals surface area contributed by atoms with E-state index in [1.165, 1.54) is 12.1 Å². The topological polar surface area (TPSA) is 55.1 Å². The average Bonchev–Trinajstić information content (AvgIpc) is 2.08. The van der Waals surface area contributed by atoms with E-state index in [4.69, 9.17) is 5.73 Å². The lowest BCUT2D eigenvalue weighted by molar-refractivity contribution is -0.120. The highest BCUT2D eigenvalue weighted by Crippen LogP contribution is 2.16. The molecule has 1 rings (SSSR count).